The SMILES string of the molecule is CC(N)(CCCSc1nnnn1C1CCCC1)C(=O)O. The molecule has 112 valence electrons. The lowest BCUT2D eigenvalue weighted by atomic mass is 9.98. The molecule has 0 amide bonds. The van der Waals surface area contributed by atoms with Gasteiger partial charge in [0.05, 0.1) is 6.04 Å². The van der Waals surface area contributed by atoms with E-state index < -0.39 is 11.5 Å². The van der Waals surface area contributed by atoms with Crippen LogP contribution in [0.25, 0.3) is 0 Å². The molecule has 1 atom stereocenters. The summed E-state index contributed by atoms with van der Waals surface area (Å²) in [5.74, 6) is -0.189. The number of thioether (sulfide) groups is 1. The van der Waals surface area contributed by atoms with Gasteiger partial charge in [-0.15, -0.1) is 5.10 Å². The fourth-order valence-electron chi connectivity index (χ4n) is 2.37. The molecule has 1 aliphatic rings. The minimum atomic E-state index is -1.15. The smallest absolute Gasteiger partial charge is 0.323 e. The van der Waals surface area contributed by atoms with Crippen LogP contribution in [0.15, 0.2) is 5.16 Å². The summed E-state index contributed by atoms with van der Waals surface area (Å²) in [5, 5.41) is 21.6. The van der Waals surface area contributed by atoms with Gasteiger partial charge in [0.1, 0.15) is 5.54 Å². The largest absolute Gasteiger partial charge is 0.480 e. The third kappa shape index (κ3) is 3.69. The molecule has 1 fully saturated rings. The molecule has 1 saturated carbocycles. The van der Waals surface area contributed by atoms with Crippen molar-refractivity contribution in [2.24, 2.45) is 5.73 Å². The van der Waals surface area contributed by atoms with Crippen LogP contribution in [0, 0.1) is 0 Å². The highest BCUT2D eigenvalue weighted by Crippen LogP contribution is 2.31. The molecule has 1 heterocycles. The standard InChI is InChI=1S/C12H21N5O2S/c1-12(13,10(18)19)7-4-8-20-11-14-15-16-17(11)9-5-2-3-6-9/h9H,2-8,13H2,1H3,(H,18,19). The van der Waals surface area contributed by atoms with Crippen LogP contribution in [-0.2, 0) is 4.79 Å². The van der Waals surface area contributed by atoms with Crippen LogP contribution in [0.1, 0.15) is 51.5 Å². The van der Waals surface area contributed by atoms with E-state index in [4.69, 9.17) is 10.8 Å². The quantitative estimate of drug-likeness (QED) is 0.579. The van der Waals surface area contributed by atoms with Gasteiger partial charge in [-0.3, -0.25) is 4.79 Å². The van der Waals surface area contributed by atoms with Crippen LogP contribution < -0.4 is 5.73 Å². The summed E-state index contributed by atoms with van der Waals surface area (Å²) in [7, 11) is 0. The predicted molar refractivity (Wildman–Crippen MR) is 75.5 cm³/mol. The molecule has 8 heteroatoms. The molecule has 0 saturated heterocycles. The first kappa shape index (κ1) is 15.2. The lowest BCUT2D eigenvalue weighted by Crippen LogP contribution is -2.44. The Morgan fingerprint density at radius 2 is 2.25 bits per heavy atom. The Morgan fingerprint density at radius 1 is 1.55 bits per heavy atom. The van der Waals surface area contributed by atoms with E-state index in [1.807, 2.05) is 4.68 Å². The Morgan fingerprint density at radius 3 is 2.90 bits per heavy atom. The molecule has 3 N–H and O–H groups in total. The third-order valence-corrected chi connectivity index (χ3v) is 4.71. The van der Waals surface area contributed by atoms with Crippen molar-refractivity contribution in [3.05, 3.63) is 0 Å². The fraction of sp³-hybridized carbons (Fsp3) is 0.833. The van der Waals surface area contributed by atoms with Gasteiger partial charge >= 0.3 is 5.97 Å². The number of aliphatic carboxylic acids is 1. The third-order valence-electron chi connectivity index (χ3n) is 3.69. The van der Waals surface area contributed by atoms with Crippen LogP contribution in [0.5, 0.6) is 0 Å². The summed E-state index contributed by atoms with van der Waals surface area (Å²) in [6, 6.07) is 0.422. The van der Waals surface area contributed by atoms with Crippen molar-refractivity contribution in [1.82, 2.24) is 20.2 Å². The maximum atomic E-state index is 10.9. The van der Waals surface area contributed by atoms with Gasteiger partial charge in [-0.05, 0) is 43.0 Å². The first-order valence-electron chi connectivity index (χ1n) is 6.93. The summed E-state index contributed by atoms with van der Waals surface area (Å²) in [6.07, 6.45) is 5.91. The highest BCUT2D eigenvalue weighted by Gasteiger charge is 2.27. The van der Waals surface area contributed by atoms with E-state index in [0.717, 1.165) is 30.2 Å². The van der Waals surface area contributed by atoms with Gasteiger partial charge in [-0.2, -0.15) is 0 Å². The number of hydrogen-bond donors (Lipinski definition) is 2. The number of nitrogens with zero attached hydrogens (tertiary/aromatic N) is 4. The summed E-state index contributed by atoms with van der Waals surface area (Å²) in [4.78, 5) is 10.9. The Balaban J connectivity index is 1.80. The van der Waals surface area contributed by atoms with E-state index in [1.165, 1.54) is 12.8 Å². The minimum Gasteiger partial charge on any atom is -0.480 e. The second-order valence-corrected chi connectivity index (χ2v) is 6.58. The highest BCUT2D eigenvalue weighted by molar-refractivity contribution is 7.99. The van der Waals surface area contributed by atoms with Gasteiger partial charge < -0.3 is 10.8 Å². The van der Waals surface area contributed by atoms with Crippen LogP contribution in [-0.4, -0.2) is 42.6 Å². The molecule has 0 radical (unpaired) electrons. The Kier molecular flexibility index (Phi) is 4.98. The van der Waals surface area contributed by atoms with Crippen LogP contribution in [0.2, 0.25) is 0 Å². The Labute approximate surface area is 122 Å². The molecular weight excluding hydrogens is 278 g/mol. The second kappa shape index (κ2) is 6.53. The van der Waals surface area contributed by atoms with Crippen molar-refractivity contribution >= 4 is 17.7 Å². The maximum Gasteiger partial charge on any atom is 0.323 e. The Hall–Kier alpha value is -1.15. The Bertz CT molecular complexity index is 456. The number of tetrazole rings is 1. The number of hydrogen-bond acceptors (Lipinski definition) is 6. The van der Waals surface area contributed by atoms with E-state index >= 15 is 0 Å². The van der Waals surface area contributed by atoms with Gasteiger partial charge in [0.15, 0.2) is 0 Å². The average Bonchev–Trinajstić information content (AvgIpc) is 3.04. The summed E-state index contributed by atoms with van der Waals surface area (Å²) < 4.78 is 1.91. The topological polar surface area (TPSA) is 107 Å². The normalized spacial score (nSPS) is 19.1. The van der Waals surface area contributed by atoms with E-state index in [0.29, 0.717) is 12.5 Å². The van der Waals surface area contributed by atoms with Crippen LogP contribution in [0.3, 0.4) is 0 Å². The fourth-order valence-corrected chi connectivity index (χ4v) is 3.25. The predicted octanol–water partition coefficient (Wildman–Crippen LogP) is 1.46. The van der Waals surface area contributed by atoms with Crippen molar-refractivity contribution in [3.63, 3.8) is 0 Å². The first-order chi connectivity index (χ1) is 9.50. The molecule has 1 aromatic rings. The van der Waals surface area contributed by atoms with Gasteiger partial charge in [-0.1, -0.05) is 24.6 Å². The average molecular weight is 299 g/mol. The lowest BCUT2D eigenvalue weighted by molar-refractivity contribution is -0.142. The van der Waals surface area contributed by atoms with Crippen molar-refractivity contribution in [1.29, 1.82) is 0 Å². The van der Waals surface area contributed by atoms with Gasteiger partial charge in [0.2, 0.25) is 5.16 Å². The van der Waals surface area contributed by atoms with Crippen molar-refractivity contribution in [3.8, 4) is 0 Å². The van der Waals surface area contributed by atoms with E-state index in [-0.39, 0.29) is 0 Å². The van der Waals surface area contributed by atoms with Crippen molar-refractivity contribution in [2.45, 2.75) is 62.2 Å². The lowest BCUT2D eigenvalue weighted by Gasteiger charge is -2.18. The summed E-state index contributed by atoms with van der Waals surface area (Å²) >= 11 is 1.57. The first-order valence-corrected chi connectivity index (χ1v) is 7.92. The summed E-state index contributed by atoms with van der Waals surface area (Å²) in [5.41, 5.74) is 4.54. The van der Waals surface area contributed by atoms with Gasteiger partial charge in [0.25, 0.3) is 0 Å². The highest BCUT2D eigenvalue weighted by atomic mass is 32.2. The number of nitrogens with two attached hydrogens (primary N) is 1. The van der Waals surface area contributed by atoms with E-state index in [9.17, 15) is 4.79 Å². The number of rotatable bonds is 7. The number of carbonyl (C=O) groups is 1. The van der Waals surface area contributed by atoms with Crippen LogP contribution >= 0.6 is 11.8 Å². The molecule has 7 nitrogen and oxygen atoms in total. The van der Waals surface area contributed by atoms with Crippen molar-refractivity contribution in [2.75, 3.05) is 5.75 Å². The zero-order valence-electron chi connectivity index (χ0n) is 11.7. The molecule has 1 aromatic heterocycles. The molecule has 0 aromatic carbocycles. The van der Waals surface area contributed by atoms with Crippen molar-refractivity contribution < 1.29 is 9.90 Å². The molecule has 1 unspecified atom stereocenters. The van der Waals surface area contributed by atoms with Crippen LogP contribution in [0.4, 0.5) is 0 Å². The number of aromatic nitrogens is 4. The zero-order valence-corrected chi connectivity index (χ0v) is 12.5. The molecule has 0 spiro atoms. The monoisotopic (exact) mass is 299 g/mol. The van der Waals surface area contributed by atoms with E-state index in [2.05, 4.69) is 15.5 Å². The molecule has 2 rings (SSSR count). The molecular formula is C12H21N5O2S. The molecule has 0 bridgehead atoms. The van der Waals surface area contributed by atoms with E-state index in [1.54, 1.807) is 18.7 Å². The zero-order chi connectivity index (χ0) is 14.6. The maximum absolute atomic E-state index is 10.9. The number of carboxylic acids is 1. The minimum absolute atomic E-state index is 0.422. The second-order valence-electron chi connectivity index (χ2n) is 5.52. The molecule has 0 aliphatic heterocycles. The van der Waals surface area contributed by atoms with Gasteiger partial charge in [-0.25, -0.2) is 4.68 Å². The molecule has 20 heavy (non-hydrogen) atoms. The van der Waals surface area contributed by atoms with Gasteiger partial charge in [0, 0.05) is 5.75 Å². The summed E-state index contributed by atoms with van der Waals surface area (Å²) in [6.45, 7) is 1.54. The molecule has 1 aliphatic carbocycles. The number of carboxylic acid groups (broad SMARTS) is 1.